The Bertz CT molecular complexity index is 1440. The molecular formula is C29H33ClN2O5S. The molecule has 1 aliphatic heterocycles. The van der Waals surface area contributed by atoms with Crippen LogP contribution in [0.2, 0.25) is 5.02 Å². The minimum atomic E-state index is -3.66. The van der Waals surface area contributed by atoms with Crippen LogP contribution in [0.1, 0.15) is 59.3 Å². The smallest absolute Gasteiger partial charge is 0.338 e. The van der Waals surface area contributed by atoms with Crippen molar-refractivity contribution in [3.05, 3.63) is 82.1 Å². The summed E-state index contributed by atoms with van der Waals surface area (Å²) >= 11 is 6.01. The lowest BCUT2D eigenvalue weighted by molar-refractivity contribution is 0.0318. The number of ether oxygens (including phenoxy) is 1. The van der Waals surface area contributed by atoms with E-state index in [9.17, 15) is 18.0 Å². The van der Waals surface area contributed by atoms with Crippen LogP contribution in [0.25, 0.3) is 5.69 Å². The van der Waals surface area contributed by atoms with Gasteiger partial charge in [-0.2, -0.15) is 4.31 Å². The van der Waals surface area contributed by atoms with E-state index in [1.165, 1.54) is 35.5 Å². The molecule has 0 N–H and O–H groups in total. The van der Waals surface area contributed by atoms with Crippen molar-refractivity contribution in [3.63, 3.8) is 0 Å². The molecule has 0 saturated carbocycles. The first-order valence-corrected chi connectivity index (χ1v) is 14.5. The van der Waals surface area contributed by atoms with Crippen LogP contribution in [0.15, 0.2) is 59.5 Å². The van der Waals surface area contributed by atoms with Gasteiger partial charge in [0.25, 0.3) is 0 Å². The van der Waals surface area contributed by atoms with Crippen LogP contribution in [0, 0.1) is 25.7 Å². The SMILES string of the molecule is Cc1cc(C(=O)[C@H](C)OC(=O)c2ccc(S(=O)(=O)N3C[C@H](C)C[C@H](C)C3)cc2)c(C)n1-c1ccc(Cl)cc1. The maximum Gasteiger partial charge on any atom is 0.338 e. The highest BCUT2D eigenvalue weighted by atomic mass is 35.5. The molecule has 0 spiro atoms. The number of hydrogen-bond donors (Lipinski definition) is 0. The number of piperidine rings is 1. The van der Waals surface area contributed by atoms with Gasteiger partial charge in [-0.1, -0.05) is 25.4 Å². The lowest BCUT2D eigenvalue weighted by Gasteiger charge is -2.34. The van der Waals surface area contributed by atoms with Crippen LogP contribution in [-0.4, -0.2) is 48.2 Å². The third-order valence-corrected chi connectivity index (χ3v) is 9.10. The Kier molecular flexibility index (Phi) is 8.16. The molecule has 1 aromatic heterocycles. The first-order chi connectivity index (χ1) is 17.9. The van der Waals surface area contributed by atoms with Gasteiger partial charge in [0.1, 0.15) is 0 Å². The quantitative estimate of drug-likeness (QED) is 0.269. The van der Waals surface area contributed by atoms with Crippen LogP contribution in [0.4, 0.5) is 0 Å². The van der Waals surface area contributed by atoms with Gasteiger partial charge in [-0.25, -0.2) is 13.2 Å². The highest BCUT2D eigenvalue weighted by Gasteiger charge is 2.32. The molecule has 3 atom stereocenters. The fourth-order valence-corrected chi connectivity index (χ4v) is 7.02. The Labute approximate surface area is 229 Å². The van der Waals surface area contributed by atoms with Gasteiger partial charge in [0.15, 0.2) is 6.10 Å². The van der Waals surface area contributed by atoms with Crippen LogP contribution in [-0.2, 0) is 14.8 Å². The van der Waals surface area contributed by atoms with Gasteiger partial charge in [-0.05, 0) is 93.6 Å². The third kappa shape index (κ3) is 5.72. The number of sulfonamides is 1. The van der Waals surface area contributed by atoms with E-state index in [0.717, 1.165) is 23.5 Å². The molecule has 9 heteroatoms. The van der Waals surface area contributed by atoms with Crippen molar-refractivity contribution in [3.8, 4) is 5.69 Å². The van der Waals surface area contributed by atoms with Gasteiger partial charge in [-0.15, -0.1) is 0 Å². The molecule has 38 heavy (non-hydrogen) atoms. The zero-order valence-corrected chi connectivity index (χ0v) is 23.8. The van der Waals surface area contributed by atoms with Crippen LogP contribution in [0.5, 0.6) is 0 Å². The number of esters is 1. The van der Waals surface area contributed by atoms with Crippen molar-refractivity contribution >= 4 is 33.4 Å². The Morgan fingerprint density at radius 2 is 1.55 bits per heavy atom. The number of aromatic nitrogens is 1. The predicted molar refractivity (Wildman–Crippen MR) is 148 cm³/mol. The number of nitrogens with zero attached hydrogens (tertiary/aromatic N) is 2. The number of rotatable bonds is 7. The first-order valence-electron chi connectivity index (χ1n) is 12.7. The summed E-state index contributed by atoms with van der Waals surface area (Å²) in [6.07, 6.45) is -0.0278. The van der Waals surface area contributed by atoms with Crippen molar-refractivity contribution in [1.82, 2.24) is 8.87 Å². The average molecular weight is 557 g/mol. The molecule has 0 unspecified atom stereocenters. The Morgan fingerprint density at radius 1 is 0.974 bits per heavy atom. The van der Waals surface area contributed by atoms with Crippen molar-refractivity contribution in [2.24, 2.45) is 11.8 Å². The van der Waals surface area contributed by atoms with Crippen molar-refractivity contribution in [2.75, 3.05) is 13.1 Å². The number of carbonyl (C=O) groups excluding carboxylic acids is 2. The van der Waals surface area contributed by atoms with Crippen molar-refractivity contribution < 1.29 is 22.7 Å². The molecule has 1 fully saturated rings. The summed E-state index contributed by atoms with van der Waals surface area (Å²) in [7, 11) is -3.66. The Hall–Kier alpha value is -2.94. The third-order valence-electron chi connectivity index (χ3n) is 7.00. The standard InChI is InChI=1S/C29H33ClN2O5S/c1-18-14-19(2)17-31(16-18)38(35,36)26-12-6-23(7-13-26)29(34)37-22(5)28(33)27-15-20(3)32(21(27)4)25-10-8-24(30)9-11-25/h6-13,15,18-19,22H,14,16-17H2,1-5H3/t18-,19+,22-/m0/s1. The second-order valence-electron chi connectivity index (χ2n) is 10.3. The van der Waals surface area contributed by atoms with Crippen LogP contribution in [0.3, 0.4) is 0 Å². The molecular weight excluding hydrogens is 524 g/mol. The molecule has 7 nitrogen and oxygen atoms in total. The maximum atomic E-state index is 13.2. The molecule has 1 saturated heterocycles. The van der Waals surface area contributed by atoms with Crippen LogP contribution < -0.4 is 0 Å². The number of Topliss-reactive ketones (excluding diaryl/α,β-unsaturated/α-hetero) is 1. The summed E-state index contributed by atoms with van der Waals surface area (Å²) in [6.45, 7) is 10.3. The summed E-state index contributed by atoms with van der Waals surface area (Å²) < 4.78 is 35.2. The number of hydrogen-bond acceptors (Lipinski definition) is 5. The number of aryl methyl sites for hydroxylation is 1. The fourth-order valence-electron chi connectivity index (χ4n) is 5.21. The van der Waals surface area contributed by atoms with Gasteiger partial charge in [-0.3, -0.25) is 4.79 Å². The van der Waals surface area contributed by atoms with E-state index in [1.807, 2.05) is 30.5 Å². The molecule has 0 amide bonds. The summed E-state index contributed by atoms with van der Waals surface area (Å²) in [5.74, 6) is -0.435. The Morgan fingerprint density at radius 3 is 2.13 bits per heavy atom. The van der Waals surface area contributed by atoms with Gasteiger partial charge in [0.05, 0.1) is 10.5 Å². The zero-order valence-electron chi connectivity index (χ0n) is 22.3. The summed E-state index contributed by atoms with van der Waals surface area (Å²) in [4.78, 5) is 26.1. The van der Waals surface area contributed by atoms with E-state index in [2.05, 4.69) is 13.8 Å². The second kappa shape index (κ2) is 11.0. The fraction of sp³-hybridized carbons (Fsp3) is 0.379. The molecule has 202 valence electrons. The normalized spacial score (nSPS) is 19.2. The first kappa shape index (κ1) is 28.1. The largest absolute Gasteiger partial charge is 0.451 e. The van der Waals surface area contributed by atoms with E-state index in [4.69, 9.17) is 16.3 Å². The van der Waals surface area contributed by atoms with Crippen molar-refractivity contribution in [2.45, 2.75) is 52.0 Å². The van der Waals surface area contributed by atoms with Gasteiger partial charge in [0, 0.05) is 40.8 Å². The van der Waals surface area contributed by atoms with Gasteiger partial charge < -0.3 is 9.30 Å². The lowest BCUT2D eigenvalue weighted by atomic mass is 9.94. The second-order valence-corrected chi connectivity index (χ2v) is 12.7. The minimum Gasteiger partial charge on any atom is -0.451 e. The van der Waals surface area contributed by atoms with E-state index < -0.39 is 22.1 Å². The zero-order chi connectivity index (χ0) is 27.8. The molecule has 4 rings (SSSR count). The number of carbonyl (C=O) groups is 2. The molecule has 3 aromatic rings. The average Bonchev–Trinajstić information content (AvgIpc) is 3.17. The summed E-state index contributed by atoms with van der Waals surface area (Å²) in [6, 6.07) is 14.8. The number of ketones is 1. The Balaban J connectivity index is 1.46. The monoisotopic (exact) mass is 556 g/mol. The molecule has 0 radical (unpaired) electrons. The van der Waals surface area contributed by atoms with Gasteiger partial charge >= 0.3 is 5.97 Å². The van der Waals surface area contributed by atoms with E-state index >= 15 is 0 Å². The van der Waals surface area contributed by atoms with E-state index in [1.54, 1.807) is 18.2 Å². The molecule has 2 heterocycles. The summed E-state index contributed by atoms with van der Waals surface area (Å²) in [5, 5.41) is 0.620. The van der Waals surface area contributed by atoms with Gasteiger partial charge in [0.2, 0.25) is 15.8 Å². The lowest BCUT2D eigenvalue weighted by Crippen LogP contribution is -2.42. The minimum absolute atomic E-state index is 0.133. The van der Waals surface area contributed by atoms with E-state index in [0.29, 0.717) is 23.7 Å². The number of halogens is 1. The number of benzene rings is 2. The summed E-state index contributed by atoms with van der Waals surface area (Å²) in [5.41, 5.74) is 3.10. The molecule has 2 aromatic carbocycles. The maximum absolute atomic E-state index is 13.2. The van der Waals surface area contributed by atoms with Crippen LogP contribution >= 0.6 is 11.6 Å². The highest BCUT2D eigenvalue weighted by Crippen LogP contribution is 2.27. The highest BCUT2D eigenvalue weighted by molar-refractivity contribution is 7.89. The molecule has 0 aliphatic carbocycles. The molecule has 1 aliphatic rings. The predicted octanol–water partition coefficient (Wildman–Crippen LogP) is 5.84. The van der Waals surface area contributed by atoms with Crippen molar-refractivity contribution in [1.29, 1.82) is 0 Å². The molecule has 0 bridgehead atoms. The topological polar surface area (TPSA) is 85.7 Å². The van der Waals surface area contributed by atoms with E-state index in [-0.39, 0.29) is 28.1 Å².